The van der Waals surface area contributed by atoms with Crippen LogP contribution >= 0.6 is 0 Å². The van der Waals surface area contributed by atoms with Crippen LogP contribution in [0.1, 0.15) is 35.5 Å². The summed E-state index contributed by atoms with van der Waals surface area (Å²) >= 11 is 0. The summed E-state index contributed by atoms with van der Waals surface area (Å²) in [5, 5.41) is 0. The highest BCUT2D eigenvalue weighted by Crippen LogP contribution is 2.39. The molecule has 3 rings (SSSR count). The van der Waals surface area contributed by atoms with Gasteiger partial charge in [0.1, 0.15) is 17.3 Å². The largest absolute Gasteiger partial charge is 0.465 e. The SMILES string of the molecule is CCN(CC)C(=O)Oc1ccc2c(c1C)O/C(=C\c1ccco1)C2=O. The Balaban J connectivity index is 1.88. The zero-order valence-electron chi connectivity index (χ0n) is 14.4. The van der Waals surface area contributed by atoms with Gasteiger partial charge >= 0.3 is 6.09 Å². The number of rotatable bonds is 4. The molecule has 1 aliphatic rings. The molecule has 0 saturated carbocycles. The predicted molar refractivity (Wildman–Crippen MR) is 91.8 cm³/mol. The molecule has 0 N–H and O–H groups in total. The van der Waals surface area contributed by atoms with E-state index in [0.717, 1.165) is 0 Å². The van der Waals surface area contributed by atoms with Crippen molar-refractivity contribution in [3.8, 4) is 11.5 Å². The lowest BCUT2D eigenvalue weighted by molar-refractivity contribution is 0.101. The van der Waals surface area contributed by atoms with E-state index in [0.29, 0.717) is 41.5 Å². The van der Waals surface area contributed by atoms with E-state index < -0.39 is 6.09 Å². The molecule has 1 aromatic heterocycles. The minimum absolute atomic E-state index is 0.181. The number of allylic oxidation sites excluding steroid dienone is 1. The lowest BCUT2D eigenvalue weighted by Gasteiger charge is -2.19. The number of benzene rings is 1. The second kappa shape index (κ2) is 6.84. The zero-order chi connectivity index (χ0) is 18.0. The maximum absolute atomic E-state index is 12.5. The van der Waals surface area contributed by atoms with Gasteiger partial charge < -0.3 is 18.8 Å². The van der Waals surface area contributed by atoms with E-state index in [1.807, 2.05) is 13.8 Å². The van der Waals surface area contributed by atoms with Crippen LogP contribution in [-0.4, -0.2) is 29.9 Å². The van der Waals surface area contributed by atoms with Crippen molar-refractivity contribution >= 4 is 18.0 Å². The Hall–Kier alpha value is -3.02. The van der Waals surface area contributed by atoms with Gasteiger partial charge in [0.05, 0.1) is 11.8 Å². The summed E-state index contributed by atoms with van der Waals surface area (Å²) in [6, 6.07) is 6.69. The van der Waals surface area contributed by atoms with E-state index in [-0.39, 0.29) is 11.5 Å². The summed E-state index contributed by atoms with van der Waals surface area (Å²) < 4.78 is 16.4. The Morgan fingerprint density at radius 1 is 1.24 bits per heavy atom. The number of nitrogens with zero attached hydrogens (tertiary/aromatic N) is 1. The summed E-state index contributed by atoms with van der Waals surface area (Å²) in [7, 11) is 0. The molecule has 25 heavy (non-hydrogen) atoms. The van der Waals surface area contributed by atoms with Gasteiger partial charge in [0, 0.05) is 24.7 Å². The van der Waals surface area contributed by atoms with Crippen LogP contribution in [0.3, 0.4) is 0 Å². The summed E-state index contributed by atoms with van der Waals surface area (Å²) in [6.07, 6.45) is 2.64. The van der Waals surface area contributed by atoms with Gasteiger partial charge in [-0.1, -0.05) is 0 Å². The molecule has 0 radical (unpaired) electrons. The number of ether oxygens (including phenoxy) is 2. The van der Waals surface area contributed by atoms with Crippen molar-refractivity contribution in [1.82, 2.24) is 4.90 Å². The molecule has 6 nitrogen and oxygen atoms in total. The maximum Gasteiger partial charge on any atom is 0.415 e. The van der Waals surface area contributed by atoms with Gasteiger partial charge in [-0.15, -0.1) is 0 Å². The molecule has 0 spiro atoms. The van der Waals surface area contributed by atoms with Gasteiger partial charge in [-0.25, -0.2) is 4.79 Å². The molecule has 6 heteroatoms. The zero-order valence-corrected chi connectivity index (χ0v) is 14.4. The second-order valence-corrected chi connectivity index (χ2v) is 5.56. The topological polar surface area (TPSA) is 69.0 Å². The molecule has 0 atom stereocenters. The van der Waals surface area contributed by atoms with Gasteiger partial charge in [0.25, 0.3) is 0 Å². The molecule has 1 amide bonds. The average molecular weight is 341 g/mol. The number of fused-ring (bicyclic) bond motifs is 1. The average Bonchev–Trinajstić information content (AvgIpc) is 3.21. The summed E-state index contributed by atoms with van der Waals surface area (Å²) in [6.45, 7) is 6.64. The van der Waals surface area contributed by atoms with Crippen LogP contribution in [0.2, 0.25) is 0 Å². The van der Waals surface area contributed by atoms with Gasteiger partial charge in [0.2, 0.25) is 5.78 Å². The summed E-state index contributed by atoms with van der Waals surface area (Å²) in [5.74, 6) is 1.27. The molecule has 1 aliphatic heterocycles. The van der Waals surface area contributed by atoms with E-state index >= 15 is 0 Å². The Bertz CT molecular complexity index is 832. The van der Waals surface area contributed by atoms with Crippen molar-refractivity contribution in [2.24, 2.45) is 0 Å². The van der Waals surface area contributed by atoms with E-state index in [9.17, 15) is 9.59 Å². The molecular formula is C19H19NO5. The third-order valence-corrected chi connectivity index (χ3v) is 4.07. The summed E-state index contributed by atoms with van der Waals surface area (Å²) in [4.78, 5) is 26.2. The molecule has 2 aromatic rings. The first kappa shape index (κ1) is 16.8. The fourth-order valence-corrected chi connectivity index (χ4v) is 2.62. The van der Waals surface area contributed by atoms with Crippen molar-refractivity contribution in [2.45, 2.75) is 20.8 Å². The van der Waals surface area contributed by atoms with Gasteiger partial charge in [-0.2, -0.15) is 0 Å². The number of furan rings is 1. The first-order chi connectivity index (χ1) is 12.0. The van der Waals surface area contributed by atoms with E-state index in [1.54, 1.807) is 42.2 Å². The van der Waals surface area contributed by atoms with Crippen molar-refractivity contribution < 1.29 is 23.5 Å². The van der Waals surface area contributed by atoms with Crippen LogP contribution in [0.4, 0.5) is 4.79 Å². The van der Waals surface area contributed by atoms with Gasteiger partial charge in [-0.05, 0) is 45.0 Å². The van der Waals surface area contributed by atoms with Gasteiger partial charge in [-0.3, -0.25) is 4.79 Å². The molecule has 0 fully saturated rings. The fourth-order valence-electron chi connectivity index (χ4n) is 2.62. The number of amides is 1. The quantitative estimate of drug-likeness (QED) is 0.785. The number of hydrogen-bond donors (Lipinski definition) is 0. The molecule has 0 aliphatic carbocycles. The molecule has 0 bridgehead atoms. The smallest absolute Gasteiger partial charge is 0.415 e. The van der Waals surface area contributed by atoms with Crippen LogP contribution in [0.25, 0.3) is 6.08 Å². The third kappa shape index (κ3) is 3.15. The van der Waals surface area contributed by atoms with E-state index in [4.69, 9.17) is 13.9 Å². The molecule has 2 heterocycles. The summed E-state index contributed by atoms with van der Waals surface area (Å²) in [5.41, 5.74) is 1.05. The lowest BCUT2D eigenvalue weighted by Crippen LogP contribution is -2.33. The highest BCUT2D eigenvalue weighted by molar-refractivity contribution is 6.14. The number of ketones is 1. The molecule has 0 saturated heterocycles. The van der Waals surface area contributed by atoms with Crippen LogP contribution < -0.4 is 9.47 Å². The molecule has 1 aromatic carbocycles. The number of carbonyl (C=O) groups excluding carboxylic acids is 2. The van der Waals surface area contributed by atoms with Crippen LogP contribution in [-0.2, 0) is 0 Å². The Morgan fingerprint density at radius 3 is 2.64 bits per heavy atom. The van der Waals surface area contributed by atoms with E-state index in [2.05, 4.69) is 0 Å². The maximum atomic E-state index is 12.5. The van der Waals surface area contributed by atoms with Crippen LogP contribution in [0.5, 0.6) is 11.5 Å². The predicted octanol–water partition coefficient (Wildman–Crippen LogP) is 4.04. The third-order valence-electron chi connectivity index (χ3n) is 4.07. The standard InChI is InChI=1S/C19H19NO5/c1-4-20(5-2)19(22)25-15-9-8-14-17(21)16(24-18(14)12(15)3)11-13-7-6-10-23-13/h6-11H,4-5H2,1-3H3/b16-11-. The minimum Gasteiger partial charge on any atom is -0.465 e. The number of hydrogen-bond acceptors (Lipinski definition) is 5. The first-order valence-corrected chi connectivity index (χ1v) is 8.13. The normalized spacial score (nSPS) is 14.4. The van der Waals surface area contributed by atoms with Crippen molar-refractivity contribution in [3.63, 3.8) is 0 Å². The highest BCUT2D eigenvalue weighted by atomic mass is 16.6. The van der Waals surface area contributed by atoms with Gasteiger partial charge in [0.15, 0.2) is 5.76 Å². The number of carbonyl (C=O) groups is 2. The minimum atomic E-state index is -0.427. The van der Waals surface area contributed by atoms with Crippen molar-refractivity contribution in [1.29, 1.82) is 0 Å². The van der Waals surface area contributed by atoms with E-state index in [1.165, 1.54) is 6.26 Å². The number of Topliss-reactive ketones (excluding diaryl/α,β-unsaturated/α-hetero) is 1. The lowest BCUT2D eigenvalue weighted by atomic mass is 10.1. The van der Waals surface area contributed by atoms with Crippen LogP contribution in [0, 0.1) is 6.92 Å². The Labute approximate surface area is 145 Å². The molecule has 0 unspecified atom stereocenters. The Morgan fingerprint density at radius 2 is 2.00 bits per heavy atom. The van der Waals surface area contributed by atoms with Crippen LogP contribution in [0.15, 0.2) is 40.7 Å². The second-order valence-electron chi connectivity index (χ2n) is 5.56. The fraction of sp³-hybridized carbons (Fsp3) is 0.263. The molecule has 130 valence electrons. The first-order valence-electron chi connectivity index (χ1n) is 8.13. The van der Waals surface area contributed by atoms with Crippen molar-refractivity contribution in [3.05, 3.63) is 53.2 Å². The Kier molecular flexibility index (Phi) is 4.61. The monoisotopic (exact) mass is 341 g/mol. The highest BCUT2D eigenvalue weighted by Gasteiger charge is 2.31. The molecular weight excluding hydrogens is 322 g/mol. The van der Waals surface area contributed by atoms with Crippen molar-refractivity contribution in [2.75, 3.05) is 13.1 Å².